The number of carbonyl (C=O) groups is 2. The molecule has 76 heavy (non-hydrogen) atoms. The van der Waals surface area contributed by atoms with Crippen molar-refractivity contribution >= 4 is 11.9 Å². The van der Waals surface area contributed by atoms with Crippen LogP contribution in [0.3, 0.4) is 0 Å². The fourth-order valence-corrected chi connectivity index (χ4v) is 8.88. The first-order valence-corrected chi connectivity index (χ1v) is 30.5. The van der Waals surface area contributed by atoms with E-state index in [1.807, 2.05) is 6.08 Å². The molecule has 11 nitrogen and oxygen atoms in total. The van der Waals surface area contributed by atoms with E-state index in [2.05, 4.69) is 111 Å². The minimum absolute atomic E-state index is 0.0904. The fourth-order valence-electron chi connectivity index (χ4n) is 8.88. The predicted molar refractivity (Wildman–Crippen MR) is 315 cm³/mol. The van der Waals surface area contributed by atoms with E-state index < -0.39 is 67.4 Å². The monoisotopic (exact) mass is 1070 g/mol. The highest BCUT2D eigenvalue weighted by molar-refractivity contribution is 5.80. The summed E-state index contributed by atoms with van der Waals surface area (Å²) in [7, 11) is 0. The van der Waals surface area contributed by atoms with Crippen molar-refractivity contribution in [3.63, 3.8) is 0 Å². The van der Waals surface area contributed by atoms with E-state index in [9.17, 15) is 35.1 Å². The number of aliphatic hydroxyl groups is 5. The first kappa shape index (κ1) is 70.6. The maximum atomic E-state index is 13.4. The molecular formula is C65H111NO10. The van der Waals surface area contributed by atoms with Crippen molar-refractivity contribution < 1.29 is 49.3 Å². The third-order valence-electron chi connectivity index (χ3n) is 13.7. The lowest BCUT2D eigenvalue weighted by atomic mass is 9.99. The third-order valence-corrected chi connectivity index (χ3v) is 13.7. The number of ether oxygens (including phenoxy) is 3. The van der Waals surface area contributed by atoms with E-state index in [0.717, 1.165) is 116 Å². The normalized spacial score (nSPS) is 19.8. The van der Waals surface area contributed by atoms with Crippen LogP contribution in [-0.4, -0.2) is 99.6 Å². The Bertz CT molecular complexity index is 1600. The highest BCUT2D eigenvalue weighted by atomic mass is 16.7. The number of hydrogen-bond donors (Lipinski definition) is 6. The van der Waals surface area contributed by atoms with E-state index in [-0.39, 0.29) is 19.4 Å². The number of allylic oxidation sites excluding steroid dienone is 15. The first-order valence-electron chi connectivity index (χ1n) is 30.5. The van der Waals surface area contributed by atoms with Crippen LogP contribution in [0.4, 0.5) is 0 Å². The molecule has 8 atom stereocenters. The Morgan fingerprint density at radius 3 is 1.45 bits per heavy atom. The maximum Gasteiger partial charge on any atom is 0.306 e. The number of amides is 1. The van der Waals surface area contributed by atoms with Crippen molar-refractivity contribution in [2.24, 2.45) is 0 Å². The van der Waals surface area contributed by atoms with Crippen molar-refractivity contribution in [3.8, 4) is 0 Å². The van der Waals surface area contributed by atoms with Gasteiger partial charge in [-0.2, -0.15) is 0 Å². The second-order valence-electron chi connectivity index (χ2n) is 20.7. The van der Waals surface area contributed by atoms with Gasteiger partial charge in [-0.05, 0) is 103 Å². The van der Waals surface area contributed by atoms with Gasteiger partial charge in [-0.1, -0.05) is 227 Å². The average molecular weight is 1070 g/mol. The second-order valence-corrected chi connectivity index (χ2v) is 20.7. The summed E-state index contributed by atoms with van der Waals surface area (Å²) in [5.74, 6) is -1.24. The minimum Gasteiger partial charge on any atom is -0.454 e. The van der Waals surface area contributed by atoms with Crippen LogP contribution in [0.5, 0.6) is 0 Å². The lowest BCUT2D eigenvalue weighted by Gasteiger charge is -2.41. The summed E-state index contributed by atoms with van der Waals surface area (Å²) in [6.07, 6.45) is 58.7. The molecule has 0 aliphatic carbocycles. The molecule has 436 valence electrons. The van der Waals surface area contributed by atoms with Gasteiger partial charge in [0.1, 0.15) is 24.4 Å². The van der Waals surface area contributed by atoms with Crippen molar-refractivity contribution in [3.05, 3.63) is 97.2 Å². The number of esters is 1. The van der Waals surface area contributed by atoms with Gasteiger partial charge in [0, 0.05) is 6.42 Å². The number of nitrogens with one attached hydrogen (secondary N) is 1. The molecule has 1 aliphatic rings. The molecule has 6 N–H and O–H groups in total. The summed E-state index contributed by atoms with van der Waals surface area (Å²) < 4.78 is 17.6. The van der Waals surface area contributed by atoms with Crippen molar-refractivity contribution in [2.75, 3.05) is 13.2 Å². The summed E-state index contributed by atoms with van der Waals surface area (Å²) in [5.41, 5.74) is 0. The minimum atomic E-state index is -1.63. The Kier molecular flexibility index (Phi) is 48.6. The van der Waals surface area contributed by atoms with Crippen LogP contribution in [-0.2, 0) is 23.8 Å². The molecule has 1 aliphatic heterocycles. The van der Waals surface area contributed by atoms with E-state index in [4.69, 9.17) is 14.2 Å². The van der Waals surface area contributed by atoms with E-state index in [1.54, 1.807) is 6.08 Å². The number of unbranched alkanes of at least 4 members (excludes halogenated alkanes) is 22. The van der Waals surface area contributed by atoms with Crippen molar-refractivity contribution in [1.82, 2.24) is 5.32 Å². The van der Waals surface area contributed by atoms with Crippen LogP contribution in [0.15, 0.2) is 97.2 Å². The quantitative estimate of drug-likeness (QED) is 0.0195. The molecular weight excluding hydrogens is 955 g/mol. The van der Waals surface area contributed by atoms with Gasteiger partial charge in [0.05, 0.1) is 25.4 Å². The molecule has 0 aromatic heterocycles. The summed E-state index contributed by atoms with van der Waals surface area (Å²) >= 11 is 0. The highest BCUT2D eigenvalue weighted by Crippen LogP contribution is 2.26. The lowest BCUT2D eigenvalue weighted by molar-refractivity contribution is -0.305. The van der Waals surface area contributed by atoms with Gasteiger partial charge >= 0.3 is 5.97 Å². The standard InChI is InChI=1S/C65H111NO10/c1-4-7-10-13-16-19-22-25-27-28-29-30-31-32-34-37-40-43-46-49-52-58(69)64(73)66-56(57(68)51-48-45-42-39-36-33-24-21-18-15-12-9-6-3)55-74-65-63(62(72)61(71)59(54-67)75-65)76-60(70)53-50-47-44-41-38-35-26-23-20-17-14-11-8-5-2/h8,11,16-17,19-20,25-27,29-30,32,34-35,48,51,56-59,61-63,65,67-69,71-72H,4-7,9-10,12-15,18,21-24,28,31,33,36-47,49-50,52-55H2,1-3H3,(H,66,73)/b11-8+,19-16-,20-17+,27-25-,30-29-,34-32-,35-26+,51-48+. The summed E-state index contributed by atoms with van der Waals surface area (Å²) in [4.78, 5) is 26.5. The van der Waals surface area contributed by atoms with Gasteiger partial charge in [0.25, 0.3) is 0 Å². The number of rotatable bonds is 50. The Morgan fingerprint density at radius 2 is 0.947 bits per heavy atom. The predicted octanol–water partition coefficient (Wildman–Crippen LogP) is 14.3. The largest absolute Gasteiger partial charge is 0.454 e. The summed E-state index contributed by atoms with van der Waals surface area (Å²) in [6.45, 7) is 5.61. The zero-order chi connectivity index (χ0) is 55.4. The average Bonchev–Trinajstić information content (AvgIpc) is 3.42. The first-order chi connectivity index (χ1) is 37.2. The summed E-state index contributed by atoms with van der Waals surface area (Å²) in [5, 5.41) is 56.9. The molecule has 0 spiro atoms. The molecule has 1 rings (SSSR count). The number of aliphatic hydroxyl groups excluding tert-OH is 5. The second kappa shape index (κ2) is 52.3. The molecule has 0 radical (unpaired) electrons. The number of hydrogen-bond acceptors (Lipinski definition) is 10. The molecule has 0 aromatic carbocycles. The SMILES string of the molecule is CC/C=C/C/C=C/C/C=C/CCCCCCC(=O)OC1C(OCC(NC(=O)C(O)CCCCCC/C=C\C/C=C\C/C=C\C/C=C\CCCCC)C(O)/C=C/CCCCCCCCCCCCC)OC(CO)C(O)C1O. The molecule has 8 unspecified atom stereocenters. The van der Waals surface area contributed by atoms with Crippen LogP contribution in [0.25, 0.3) is 0 Å². The van der Waals surface area contributed by atoms with Gasteiger partial charge in [0.15, 0.2) is 12.4 Å². The molecule has 1 amide bonds. The maximum absolute atomic E-state index is 13.4. The summed E-state index contributed by atoms with van der Waals surface area (Å²) in [6, 6.07) is -1.04. The van der Waals surface area contributed by atoms with Gasteiger partial charge in [-0.15, -0.1) is 0 Å². The van der Waals surface area contributed by atoms with E-state index >= 15 is 0 Å². The molecule has 0 saturated carbocycles. The van der Waals surface area contributed by atoms with Gasteiger partial charge in [-0.3, -0.25) is 9.59 Å². The zero-order valence-corrected chi connectivity index (χ0v) is 48.1. The van der Waals surface area contributed by atoms with Crippen LogP contribution < -0.4 is 5.32 Å². The van der Waals surface area contributed by atoms with Gasteiger partial charge in [-0.25, -0.2) is 0 Å². The zero-order valence-electron chi connectivity index (χ0n) is 48.1. The molecule has 0 aromatic rings. The molecule has 1 saturated heterocycles. The Labute approximate surface area is 463 Å². The van der Waals surface area contributed by atoms with Crippen LogP contribution in [0.1, 0.15) is 239 Å². The Balaban J connectivity index is 2.74. The van der Waals surface area contributed by atoms with Crippen molar-refractivity contribution in [1.29, 1.82) is 0 Å². The third kappa shape index (κ3) is 39.9. The Morgan fingerprint density at radius 1 is 0.526 bits per heavy atom. The topological polar surface area (TPSA) is 175 Å². The molecule has 0 bridgehead atoms. The van der Waals surface area contributed by atoms with E-state index in [0.29, 0.717) is 12.8 Å². The molecule has 1 heterocycles. The van der Waals surface area contributed by atoms with Gasteiger partial charge in [0.2, 0.25) is 5.91 Å². The number of carbonyl (C=O) groups excluding carboxylic acids is 2. The van der Waals surface area contributed by atoms with Gasteiger partial charge < -0.3 is 45.1 Å². The smallest absolute Gasteiger partial charge is 0.306 e. The van der Waals surface area contributed by atoms with Crippen LogP contribution in [0.2, 0.25) is 0 Å². The van der Waals surface area contributed by atoms with Crippen molar-refractivity contribution in [2.45, 2.75) is 288 Å². The van der Waals surface area contributed by atoms with Crippen LogP contribution in [0, 0.1) is 0 Å². The van der Waals surface area contributed by atoms with E-state index in [1.165, 1.54) is 77.0 Å². The fraction of sp³-hybridized carbons (Fsp3) is 0.723. The molecule has 11 heteroatoms. The highest BCUT2D eigenvalue weighted by Gasteiger charge is 2.47. The molecule has 1 fully saturated rings. The van der Waals surface area contributed by atoms with Crippen LogP contribution >= 0.6 is 0 Å². The Hall–Kier alpha value is -3.42. The lowest BCUT2D eigenvalue weighted by Crippen LogP contribution is -2.61.